The van der Waals surface area contributed by atoms with E-state index in [1.165, 1.54) is 0 Å². The van der Waals surface area contributed by atoms with Crippen molar-refractivity contribution in [1.82, 2.24) is 15.5 Å². The molecule has 1 aliphatic rings. The molecule has 0 atom stereocenters. The van der Waals surface area contributed by atoms with E-state index in [2.05, 4.69) is 10.6 Å². The van der Waals surface area contributed by atoms with Crippen LogP contribution in [-0.2, 0) is 4.79 Å². The first-order valence-electron chi connectivity index (χ1n) is 9.91. The molecule has 2 N–H and O–H groups in total. The molecule has 0 unspecified atom stereocenters. The van der Waals surface area contributed by atoms with Crippen molar-refractivity contribution in [3.8, 4) is 5.75 Å². The van der Waals surface area contributed by atoms with Crippen molar-refractivity contribution in [3.05, 3.63) is 29.8 Å². The summed E-state index contributed by atoms with van der Waals surface area (Å²) in [5, 5.41) is 6.57. The summed E-state index contributed by atoms with van der Waals surface area (Å²) >= 11 is 0. The summed E-state index contributed by atoms with van der Waals surface area (Å²) in [5.41, 5.74) is 0.784. The van der Waals surface area contributed by atoms with Crippen LogP contribution in [0.1, 0.15) is 38.2 Å². The van der Waals surface area contributed by atoms with E-state index in [0.717, 1.165) is 49.5 Å². The molecule has 1 fully saturated rings. The van der Waals surface area contributed by atoms with Crippen LogP contribution in [0.5, 0.6) is 5.75 Å². The predicted molar refractivity (Wildman–Crippen MR) is 110 cm³/mol. The van der Waals surface area contributed by atoms with Crippen LogP contribution < -0.4 is 15.4 Å². The number of rotatable bonds is 8. The summed E-state index contributed by atoms with van der Waals surface area (Å²) in [4.78, 5) is 19.1. The highest BCUT2D eigenvalue weighted by Crippen LogP contribution is 2.39. The van der Waals surface area contributed by atoms with Gasteiger partial charge < -0.3 is 20.3 Å². The third kappa shape index (κ3) is 5.88. The van der Waals surface area contributed by atoms with Crippen LogP contribution in [0.3, 0.4) is 0 Å². The molecule has 1 aromatic rings. The van der Waals surface area contributed by atoms with Crippen molar-refractivity contribution in [2.24, 2.45) is 10.4 Å². The van der Waals surface area contributed by atoms with Crippen LogP contribution >= 0.6 is 0 Å². The summed E-state index contributed by atoms with van der Waals surface area (Å²) in [6, 6.07) is 8.00. The maximum atomic E-state index is 12.7. The lowest BCUT2D eigenvalue weighted by Crippen LogP contribution is -2.43. The Hall–Kier alpha value is -2.24. The van der Waals surface area contributed by atoms with Gasteiger partial charge in [0.05, 0.1) is 18.5 Å². The first-order chi connectivity index (χ1) is 13.0. The second-order valence-corrected chi connectivity index (χ2v) is 7.42. The number of amides is 1. The molecule has 6 nitrogen and oxygen atoms in total. The molecule has 0 bridgehead atoms. The summed E-state index contributed by atoms with van der Waals surface area (Å²) in [5.74, 6) is 1.84. The van der Waals surface area contributed by atoms with Crippen molar-refractivity contribution >= 4 is 11.9 Å². The fourth-order valence-electron chi connectivity index (χ4n) is 3.59. The first-order valence-corrected chi connectivity index (χ1v) is 9.91. The Morgan fingerprint density at radius 1 is 1.22 bits per heavy atom. The van der Waals surface area contributed by atoms with Gasteiger partial charge in [0, 0.05) is 20.6 Å². The molecule has 150 valence electrons. The largest absolute Gasteiger partial charge is 0.491 e. The number of para-hydroxylation sites is 1. The molecule has 0 saturated heterocycles. The van der Waals surface area contributed by atoms with E-state index in [1.54, 1.807) is 4.90 Å². The number of aryl methyl sites for hydroxylation is 1. The first kappa shape index (κ1) is 21.1. The Balaban J connectivity index is 1.91. The fourth-order valence-corrected chi connectivity index (χ4v) is 3.59. The van der Waals surface area contributed by atoms with E-state index in [9.17, 15) is 4.79 Å². The van der Waals surface area contributed by atoms with Gasteiger partial charge in [-0.15, -0.1) is 0 Å². The number of ether oxygens (including phenoxy) is 1. The number of carbonyl (C=O) groups is 1. The normalized spacial score (nSPS) is 16.1. The highest BCUT2D eigenvalue weighted by atomic mass is 16.5. The molecule has 0 aliphatic heterocycles. The third-order valence-electron chi connectivity index (χ3n) is 5.05. The van der Waals surface area contributed by atoms with Crippen molar-refractivity contribution in [3.63, 3.8) is 0 Å². The molecule has 0 heterocycles. The topological polar surface area (TPSA) is 66.0 Å². The molecule has 1 saturated carbocycles. The Morgan fingerprint density at radius 3 is 2.56 bits per heavy atom. The van der Waals surface area contributed by atoms with Gasteiger partial charge in [-0.05, 0) is 38.3 Å². The minimum Gasteiger partial charge on any atom is -0.491 e. The molecule has 27 heavy (non-hydrogen) atoms. The lowest BCUT2D eigenvalue weighted by Gasteiger charge is -2.29. The van der Waals surface area contributed by atoms with Gasteiger partial charge in [0.2, 0.25) is 5.91 Å². The number of aliphatic imine (C=N–C) groups is 1. The molecule has 1 aromatic carbocycles. The lowest BCUT2D eigenvalue weighted by molar-refractivity contribution is -0.138. The standard InChI is InChI=1S/C21H34N4O2/c1-5-22-20(23-14-15-27-18-11-7-6-10-17(18)2)24-16-21(12-8-9-13-21)19(26)25(3)4/h6-7,10-11H,5,8-9,12-16H2,1-4H3,(H2,22,23,24). The van der Waals surface area contributed by atoms with Crippen LogP contribution in [0.4, 0.5) is 0 Å². The predicted octanol–water partition coefficient (Wildman–Crippen LogP) is 2.58. The molecule has 2 rings (SSSR count). The molecular weight excluding hydrogens is 340 g/mol. The zero-order valence-corrected chi connectivity index (χ0v) is 17.2. The van der Waals surface area contributed by atoms with Gasteiger partial charge in [0.25, 0.3) is 0 Å². The molecule has 1 amide bonds. The maximum absolute atomic E-state index is 12.7. The zero-order chi connectivity index (χ0) is 19.7. The average molecular weight is 375 g/mol. The third-order valence-corrected chi connectivity index (χ3v) is 5.05. The molecular formula is C21H34N4O2. The van der Waals surface area contributed by atoms with Gasteiger partial charge in [-0.2, -0.15) is 0 Å². The van der Waals surface area contributed by atoms with E-state index >= 15 is 0 Å². The van der Waals surface area contributed by atoms with Gasteiger partial charge in [0.1, 0.15) is 12.4 Å². The number of nitrogens with one attached hydrogen (secondary N) is 2. The van der Waals surface area contributed by atoms with Gasteiger partial charge in [0.15, 0.2) is 5.96 Å². The minimum atomic E-state index is -0.344. The zero-order valence-electron chi connectivity index (χ0n) is 17.2. The number of benzene rings is 1. The monoisotopic (exact) mass is 374 g/mol. The Labute approximate surface area is 163 Å². The second kappa shape index (κ2) is 10.2. The maximum Gasteiger partial charge on any atom is 0.230 e. The smallest absolute Gasteiger partial charge is 0.230 e. The summed E-state index contributed by atoms with van der Waals surface area (Å²) in [6.07, 6.45) is 4.04. The molecule has 0 aromatic heterocycles. The van der Waals surface area contributed by atoms with Gasteiger partial charge in [-0.1, -0.05) is 31.0 Å². The quantitative estimate of drug-likeness (QED) is 0.417. The van der Waals surface area contributed by atoms with Crippen LogP contribution in [0.2, 0.25) is 0 Å². The highest BCUT2D eigenvalue weighted by Gasteiger charge is 2.42. The molecule has 1 aliphatic carbocycles. The molecule has 0 radical (unpaired) electrons. The Bertz CT molecular complexity index is 637. The summed E-state index contributed by atoms with van der Waals surface area (Å²) < 4.78 is 5.83. The SMILES string of the molecule is CCNC(=NCC1(C(=O)N(C)C)CCCC1)NCCOc1ccccc1C. The Kier molecular flexibility index (Phi) is 7.95. The molecule has 6 heteroatoms. The van der Waals surface area contributed by atoms with Crippen molar-refractivity contribution < 1.29 is 9.53 Å². The summed E-state index contributed by atoms with van der Waals surface area (Å²) in [6.45, 7) is 6.58. The lowest BCUT2D eigenvalue weighted by atomic mass is 9.85. The van der Waals surface area contributed by atoms with Gasteiger partial charge in [-0.3, -0.25) is 9.79 Å². The van der Waals surface area contributed by atoms with Gasteiger partial charge in [-0.25, -0.2) is 0 Å². The number of nitrogens with zero attached hydrogens (tertiary/aromatic N) is 2. The van der Waals surface area contributed by atoms with E-state index in [1.807, 2.05) is 52.2 Å². The number of hydrogen-bond acceptors (Lipinski definition) is 3. The van der Waals surface area contributed by atoms with E-state index < -0.39 is 0 Å². The molecule has 0 spiro atoms. The van der Waals surface area contributed by atoms with Crippen LogP contribution in [0.25, 0.3) is 0 Å². The van der Waals surface area contributed by atoms with E-state index in [-0.39, 0.29) is 11.3 Å². The van der Waals surface area contributed by atoms with Crippen LogP contribution in [-0.4, -0.2) is 57.1 Å². The van der Waals surface area contributed by atoms with Crippen molar-refractivity contribution in [2.75, 3.05) is 40.3 Å². The number of carbonyl (C=O) groups excluding carboxylic acids is 1. The number of guanidine groups is 1. The second-order valence-electron chi connectivity index (χ2n) is 7.42. The highest BCUT2D eigenvalue weighted by molar-refractivity contribution is 5.84. The fraction of sp³-hybridized carbons (Fsp3) is 0.619. The van der Waals surface area contributed by atoms with Crippen LogP contribution in [0.15, 0.2) is 29.3 Å². The van der Waals surface area contributed by atoms with Crippen LogP contribution in [0, 0.1) is 12.3 Å². The Morgan fingerprint density at radius 2 is 1.93 bits per heavy atom. The number of hydrogen-bond donors (Lipinski definition) is 2. The van der Waals surface area contributed by atoms with Crippen molar-refractivity contribution in [2.45, 2.75) is 39.5 Å². The van der Waals surface area contributed by atoms with E-state index in [4.69, 9.17) is 9.73 Å². The summed E-state index contributed by atoms with van der Waals surface area (Å²) in [7, 11) is 3.66. The van der Waals surface area contributed by atoms with Gasteiger partial charge >= 0.3 is 0 Å². The minimum absolute atomic E-state index is 0.197. The average Bonchev–Trinajstić information content (AvgIpc) is 3.13. The van der Waals surface area contributed by atoms with E-state index in [0.29, 0.717) is 19.7 Å². The van der Waals surface area contributed by atoms with Crippen molar-refractivity contribution in [1.29, 1.82) is 0 Å².